The summed E-state index contributed by atoms with van der Waals surface area (Å²) in [4.78, 5) is 13.0. The van der Waals surface area contributed by atoms with E-state index in [0.717, 1.165) is 16.9 Å². The number of hydrogen-bond donors (Lipinski definition) is 1. The molecule has 0 aliphatic heterocycles. The van der Waals surface area contributed by atoms with Gasteiger partial charge in [-0.15, -0.1) is 11.8 Å². The Bertz CT molecular complexity index is 698. The smallest absolute Gasteiger partial charge is 0.179 e. The first-order valence-electron chi connectivity index (χ1n) is 5.53. The SMILES string of the molecule is CSc1ccc(-c2nc3nc(Cl)c(Cl)cc3[nH]2)cc1. The highest BCUT2D eigenvalue weighted by Crippen LogP contribution is 2.26. The number of H-pyrrole nitrogens is 1. The summed E-state index contributed by atoms with van der Waals surface area (Å²) in [6.45, 7) is 0. The first-order valence-corrected chi connectivity index (χ1v) is 7.51. The summed E-state index contributed by atoms with van der Waals surface area (Å²) < 4.78 is 0. The minimum absolute atomic E-state index is 0.268. The van der Waals surface area contributed by atoms with Crippen LogP contribution in [0, 0.1) is 0 Å². The van der Waals surface area contributed by atoms with Gasteiger partial charge in [0.15, 0.2) is 5.65 Å². The lowest BCUT2D eigenvalue weighted by atomic mass is 10.2. The number of rotatable bonds is 2. The molecule has 2 heterocycles. The molecule has 0 fully saturated rings. The van der Waals surface area contributed by atoms with Gasteiger partial charge in [-0.3, -0.25) is 0 Å². The molecule has 0 saturated carbocycles. The van der Waals surface area contributed by atoms with Crippen molar-refractivity contribution in [3.8, 4) is 11.4 Å². The van der Waals surface area contributed by atoms with Crippen LogP contribution in [0.4, 0.5) is 0 Å². The van der Waals surface area contributed by atoms with Crippen molar-refractivity contribution < 1.29 is 0 Å². The standard InChI is InChI=1S/C13H9Cl2N3S/c1-19-8-4-2-7(3-5-8)12-16-10-6-9(14)11(15)17-13(10)18-12/h2-6H,1H3,(H,16,17,18). The molecule has 0 amide bonds. The second-order valence-electron chi connectivity index (χ2n) is 3.95. The minimum Gasteiger partial charge on any atom is -0.337 e. The molecule has 0 atom stereocenters. The maximum atomic E-state index is 5.94. The average molecular weight is 310 g/mol. The summed E-state index contributed by atoms with van der Waals surface area (Å²) in [5.41, 5.74) is 2.35. The third-order valence-electron chi connectivity index (χ3n) is 2.75. The van der Waals surface area contributed by atoms with Crippen molar-refractivity contribution in [1.29, 1.82) is 0 Å². The third kappa shape index (κ3) is 2.43. The predicted octanol–water partition coefficient (Wildman–Crippen LogP) is 4.65. The molecule has 1 N–H and O–H groups in total. The number of nitrogens with one attached hydrogen (secondary N) is 1. The normalized spacial score (nSPS) is 11.1. The number of hydrogen-bond acceptors (Lipinski definition) is 3. The summed E-state index contributed by atoms with van der Waals surface area (Å²) in [7, 11) is 0. The van der Waals surface area contributed by atoms with E-state index < -0.39 is 0 Å². The molecule has 2 aromatic heterocycles. The van der Waals surface area contributed by atoms with E-state index in [-0.39, 0.29) is 5.15 Å². The fourth-order valence-electron chi connectivity index (χ4n) is 1.78. The van der Waals surface area contributed by atoms with E-state index in [2.05, 4.69) is 27.1 Å². The molecule has 3 nitrogen and oxygen atoms in total. The van der Waals surface area contributed by atoms with Crippen molar-refractivity contribution in [2.24, 2.45) is 0 Å². The maximum absolute atomic E-state index is 5.94. The largest absolute Gasteiger partial charge is 0.337 e. The second kappa shape index (κ2) is 5.04. The Morgan fingerprint density at radius 1 is 1.11 bits per heavy atom. The van der Waals surface area contributed by atoms with Gasteiger partial charge < -0.3 is 4.98 Å². The molecule has 3 aromatic rings. The summed E-state index contributed by atoms with van der Waals surface area (Å²) in [5, 5.41) is 0.687. The highest BCUT2D eigenvalue weighted by atomic mass is 35.5. The highest BCUT2D eigenvalue weighted by molar-refractivity contribution is 7.98. The van der Waals surface area contributed by atoms with Crippen LogP contribution in [0.1, 0.15) is 0 Å². The Labute approximate surface area is 124 Å². The number of imidazole rings is 1. The van der Waals surface area contributed by atoms with E-state index in [1.54, 1.807) is 17.8 Å². The zero-order chi connectivity index (χ0) is 13.4. The number of pyridine rings is 1. The van der Waals surface area contributed by atoms with Crippen LogP contribution in [0.3, 0.4) is 0 Å². The molecule has 0 aliphatic rings. The van der Waals surface area contributed by atoms with Gasteiger partial charge in [0.1, 0.15) is 11.0 Å². The summed E-state index contributed by atoms with van der Waals surface area (Å²) in [6.07, 6.45) is 2.05. The van der Waals surface area contributed by atoms with E-state index in [9.17, 15) is 0 Å². The van der Waals surface area contributed by atoms with Gasteiger partial charge in [-0.2, -0.15) is 0 Å². The summed E-state index contributed by atoms with van der Waals surface area (Å²) in [6, 6.07) is 9.89. The molecule has 0 saturated heterocycles. The van der Waals surface area contributed by atoms with Gasteiger partial charge in [0.2, 0.25) is 0 Å². The fourth-order valence-corrected chi connectivity index (χ4v) is 2.48. The van der Waals surface area contributed by atoms with E-state index in [1.807, 2.05) is 18.4 Å². The van der Waals surface area contributed by atoms with Gasteiger partial charge in [-0.05, 0) is 24.5 Å². The highest BCUT2D eigenvalue weighted by Gasteiger charge is 2.09. The monoisotopic (exact) mass is 309 g/mol. The second-order valence-corrected chi connectivity index (χ2v) is 5.59. The number of halogens is 2. The molecule has 0 bridgehead atoms. The lowest BCUT2D eigenvalue weighted by molar-refractivity contribution is 1.29. The van der Waals surface area contributed by atoms with Crippen molar-refractivity contribution in [2.75, 3.05) is 6.26 Å². The first-order chi connectivity index (χ1) is 9.17. The number of thioether (sulfide) groups is 1. The van der Waals surface area contributed by atoms with Crippen molar-refractivity contribution in [1.82, 2.24) is 15.0 Å². The number of aromatic nitrogens is 3. The molecular weight excluding hydrogens is 301 g/mol. The molecular formula is C13H9Cl2N3S. The molecule has 19 heavy (non-hydrogen) atoms. The number of aromatic amines is 1. The van der Waals surface area contributed by atoms with E-state index in [1.165, 1.54) is 4.90 Å². The minimum atomic E-state index is 0.268. The van der Waals surface area contributed by atoms with Crippen LogP contribution >= 0.6 is 35.0 Å². The van der Waals surface area contributed by atoms with Crippen LogP contribution in [0.2, 0.25) is 10.2 Å². The first kappa shape index (κ1) is 12.8. The molecule has 0 aliphatic carbocycles. The molecule has 6 heteroatoms. The van der Waals surface area contributed by atoms with Crippen molar-refractivity contribution >= 4 is 46.1 Å². The zero-order valence-electron chi connectivity index (χ0n) is 9.95. The number of nitrogens with zero attached hydrogens (tertiary/aromatic N) is 2. The van der Waals surface area contributed by atoms with Gasteiger partial charge in [0, 0.05) is 10.5 Å². The van der Waals surface area contributed by atoms with E-state index in [0.29, 0.717) is 10.7 Å². The van der Waals surface area contributed by atoms with Gasteiger partial charge in [0.05, 0.1) is 10.5 Å². The van der Waals surface area contributed by atoms with Crippen LogP contribution in [-0.2, 0) is 0 Å². The van der Waals surface area contributed by atoms with Crippen molar-refractivity contribution in [3.05, 3.63) is 40.5 Å². The predicted molar refractivity (Wildman–Crippen MR) is 81.1 cm³/mol. The zero-order valence-corrected chi connectivity index (χ0v) is 12.3. The lowest BCUT2D eigenvalue weighted by Crippen LogP contribution is -1.80. The fraction of sp³-hybridized carbons (Fsp3) is 0.0769. The van der Waals surface area contributed by atoms with Crippen LogP contribution < -0.4 is 0 Å². The molecule has 0 unspecified atom stereocenters. The molecule has 1 aromatic carbocycles. The molecule has 0 spiro atoms. The van der Waals surface area contributed by atoms with Crippen LogP contribution in [0.15, 0.2) is 35.2 Å². The van der Waals surface area contributed by atoms with Crippen LogP contribution in [-0.4, -0.2) is 21.2 Å². The van der Waals surface area contributed by atoms with Gasteiger partial charge in [-0.1, -0.05) is 35.3 Å². The van der Waals surface area contributed by atoms with Crippen molar-refractivity contribution in [2.45, 2.75) is 4.90 Å². The van der Waals surface area contributed by atoms with E-state index >= 15 is 0 Å². The lowest BCUT2D eigenvalue weighted by Gasteiger charge is -1.98. The van der Waals surface area contributed by atoms with Crippen molar-refractivity contribution in [3.63, 3.8) is 0 Å². The van der Waals surface area contributed by atoms with Gasteiger partial charge in [-0.25, -0.2) is 9.97 Å². The quantitative estimate of drug-likeness (QED) is 0.553. The molecule has 0 radical (unpaired) electrons. The van der Waals surface area contributed by atoms with Crippen LogP contribution in [0.5, 0.6) is 0 Å². The Morgan fingerprint density at radius 3 is 2.53 bits per heavy atom. The summed E-state index contributed by atoms with van der Waals surface area (Å²) in [5.74, 6) is 0.758. The number of fused-ring (bicyclic) bond motifs is 1. The summed E-state index contributed by atoms with van der Waals surface area (Å²) >= 11 is 13.5. The number of benzene rings is 1. The maximum Gasteiger partial charge on any atom is 0.179 e. The Balaban J connectivity index is 2.09. The molecule has 96 valence electrons. The van der Waals surface area contributed by atoms with Gasteiger partial charge >= 0.3 is 0 Å². The van der Waals surface area contributed by atoms with Gasteiger partial charge in [0.25, 0.3) is 0 Å². The Hall–Kier alpha value is -1.23. The average Bonchev–Trinajstić information content (AvgIpc) is 2.82. The Morgan fingerprint density at radius 2 is 1.84 bits per heavy atom. The van der Waals surface area contributed by atoms with Crippen LogP contribution in [0.25, 0.3) is 22.6 Å². The Kier molecular flexibility index (Phi) is 3.39. The third-order valence-corrected chi connectivity index (χ3v) is 4.16. The van der Waals surface area contributed by atoms with E-state index in [4.69, 9.17) is 23.2 Å². The topological polar surface area (TPSA) is 41.6 Å². The molecule has 3 rings (SSSR count).